The normalized spacial score (nSPS) is 11.4. The summed E-state index contributed by atoms with van der Waals surface area (Å²) < 4.78 is 58.4. The average Bonchev–Trinajstić information content (AvgIpc) is 2.58. The Morgan fingerprint density at radius 3 is 0.862 bits per heavy atom. The third kappa shape index (κ3) is 38.9. The van der Waals surface area contributed by atoms with Gasteiger partial charge in [0.2, 0.25) is 0 Å². The molecular formula is C20H46O7S2. The van der Waals surface area contributed by atoms with E-state index in [1.54, 1.807) is 0 Å². The van der Waals surface area contributed by atoms with Gasteiger partial charge in [0.25, 0.3) is 20.2 Å². The molecule has 0 spiro atoms. The molecule has 0 heterocycles. The van der Waals surface area contributed by atoms with Crippen LogP contribution in [0.3, 0.4) is 0 Å². The molecule has 0 rings (SSSR count). The first-order chi connectivity index (χ1) is 13.1. The lowest BCUT2D eigenvalue weighted by Gasteiger charge is -2.00. The van der Waals surface area contributed by atoms with Crippen LogP contribution in [0.25, 0.3) is 0 Å². The highest BCUT2D eigenvalue weighted by Crippen LogP contribution is 2.09. The summed E-state index contributed by atoms with van der Waals surface area (Å²) in [6.07, 6.45) is 17.7. The Kier molecular flexibility index (Phi) is 25.9. The third-order valence-electron chi connectivity index (χ3n) is 4.51. The van der Waals surface area contributed by atoms with Crippen molar-refractivity contribution in [3.05, 3.63) is 0 Å². The number of hydrogen-bond acceptors (Lipinski definition) is 4. The molecule has 0 aromatic heterocycles. The van der Waals surface area contributed by atoms with Crippen LogP contribution in [0, 0.1) is 0 Å². The Morgan fingerprint density at radius 2 is 0.655 bits per heavy atom. The van der Waals surface area contributed by atoms with Crippen LogP contribution in [-0.2, 0) is 20.2 Å². The Morgan fingerprint density at radius 1 is 0.448 bits per heavy atom. The van der Waals surface area contributed by atoms with Gasteiger partial charge >= 0.3 is 0 Å². The van der Waals surface area contributed by atoms with Crippen LogP contribution in [0.2, 0.25) is 0 Å². The van der Waals surface area contributed by atoms with Gasteiger partial charge in [-0.25, -0.2) is 0 Å². The third-order valence-corrected chi connectivity index (χ3v) is 6.12. The second-order valence-corrected chi connectivity index (χ2v) is 10.7. The van der Waals surface area contributed by atoms with Crippen molar-refractivity contribution in [3.63, 3.8) is 0 Å². The zero-order chi connectivity index (χ0) is 21.7. The molecule has 0 aromatic rings. The largest absolute Gasteiger partial charge is 0.412 e. The molecule has 0 saturated heterocycles. The van der Waals surface area contributed by atoms with Crippen LogP contribution in [-0.4, -0.2) is 42.9 Å². The molecule has 0 unspecified atom stereocenters. The fourth-order valence-corrected chi connectivity index (χ4v) is 3.97. The van der Waals surface area contributed by atoms with Gasteiger partial charge in [0.05, 0.1) is 11.5 Å². The fraction of sp³-hybridized carbons (Fsp3) is 1.00. The monoisotopic (exact) mass is 462 g/mol. The van der Waals surface area contributed by atoms with E-state index in [9.17, 15) is 16.8 Å². The predicted molar refractivity (Wildman–Crippen MR) is 122 cm³/mol. The van der Waals surface area contributed by atoms with Gasteiger partial charge in [-0.2, -0.15) is 16.8 Å². The van der Waals surface area contributed by atoms with Gasteiger partial charge in [-0.3, -0.25) is 9.11 Å². The smallest absolute Gasteiger partial charge is 0.264 e. The highest BCUT2D eigenvalue weighted by molar-refractivity contribution is 7.86. The summed E-state index contributed by atoms with van der Waals surface area (Å²) in [5.41, 5.74) is 0. The fourth-order valence-electron chi connectivity index (χ4n) is 2.84. The van der Waals surface area contributed by atoms with Crippen molar-refractivity contribution in [2.75, 3.05) is 11.5 Å². The maximum Gasteiger partial charge on any atom is 0.264 e. The zero-order valence-electron chi connectivity index (χ0n) is 18.6. The molecule has 29 heavy (non-hydrogen) atoms. The molecule has 0 amide bonds. The standard InChI is InChI=1S/2C10H22O3S.H2O/c2*1-2-3-4-5-6-7-8-9-10-14(11,12)13;/h2*2-10H2,1H3,(H,11,12,13);1H2. The Bertz CT molecular complexity index is 469. The highest BCUT2D eigenvalue weighted by Gasteiger charge is 2.03. The van der Waals surface area contributed by atoms with E-state index in [-0.39, 0.29) is 17.0 Å². The minimum absolute atomic E-state index is 0. The lowest BCUT2D eigenvalue weighted by atomic mass is 10.1. The van der Waals surface area contributed by atoms with Crippen LogP contribution in [0.15, 0.2) is 0 Å². The first-order valence-corrected chi connectivity index (χ1v) is 14.2. The zero-order valence-corrected chi connectivity index (χ0v) is 20.2. The van der Waals surface area contributed by atoms with E-state index >= 15 is 0 Å². The molecule has 9 heteroatoms. The second kappa shape index (κ2) is 22.5. The van der Waals surface area contributed by atoms with Crippen LogP contribution < -0.4 is 0 Å². The first-order valence-electron chi connectivity index (χ1n) is 11.0. The van der Waals surface area contributed by atoms with E-state index in [1.807, 2.05) is 0 Å². The summed E-state index contributed by atoms with van der Waals surface area (Å²) in [6, 6.07) is 0. The van der Waals surface area contributed by atoms with Crippen molar-refractivity contribution in [2.24, 2.45) is 0 Å². The predicted octanol–water partition coefficient (Wildman–Crippen LogP) is 5.21. The topological polar surface area (TPSA) is 140 Å². The van der Waals surface area contributed by atoms with E-state index in [0.717, 1.165) is 25.7 Å². The Hall–Kier alpha value is -0.220. The van der Waals surface area contributed by atoms with Crippen LogP contribution in [0.5, 0.6) is 0 Å². The van der Waals surface area contributed by atoms with Gasteiger partial charge < -0.3 is 5.48 Å². The lowest BCUT2D eigenvalue weighted by molar-refractivity contribution is 0.476. The number of rotatable bonds is 18. The van der Waals surface area contributed by atoms with Crippen molar-refractivity contribution < 1.29 is 31.4 Å². The average molecular weight is 463 g/mol. The van der Waals surface area contributed by atoms with E-state index in [4.69, 9.17) is 9.11 Å². The van der Waals surface area contributed by atoms with Gasteiger partial charge in [-0.1, -0.05) is 104 Å². The molecule has 0 aromatic carbocycles. The SMILES string of the molecule is CCCCCCCCCCS(=O)(=O)O.CCCCCCCCCCS(=O)(=O)O.O. The van der Waals surface area contributed by atoms with Crippen molar-refractivity contribution in [3.8, 4) is 0 Å². The first kappa shape index (κ1) is 33.4. The maximum atomic E-state index is 10.4. The van der Waals surface area contributed by atoms with Crippen molar-refractivity contribution in [1.82, 2.24) is 0 Å². The quantitative estimate of drug-likeness (QED) is 0.212. The molecule has 0 bridgehead atoms. The number of hydrogen-bond donors (Lipinski definition) is 2. The van der Waals surface area contributed by atoms with Crippen LogP contribution in [0.4, 0.5) is 0 Å². The van der Waals surface area contributed by atoms with Gasteiger partial charge in [-0.15, -0.1) is 0 Å². The molecule has 0 aliphatic heterocycles. The molecule has 180 valence electrons. The summed E-state index contributed by atoms with van der Waals surface area (Å²) in [5, 5.41) is 0. The van der Waals surface area contributed by atoms with Crippen molar-refractivity contribution >= 4 is 20.2 Å². The number of unbranched alkanes of at least 4 members (excludes halogenated alkanes) is 14. The molecule has 0 aliphatic rings. The molecule has 7 nitrogen and oxygen atoms in total. The van der Waals surface area contributed by atoms with Gasteiger partial charge in [0.1, 0.15) is 0 Å². The van der Waals surface area contributed by atoms with E-state index in [0.29, 0.717) is 12.8 Å². The molecule has 0 radical (unpaired) electrons. The maximum absolute atomic E-state index is 10.4. The second-order valence-electron chi connectivity index (χ2n) is 7.52. The summed E-state index contributed by atoms with van der Waals surface area (Å²) in [4.78, 5) is 0. The van der Waals surface area contributed by atoms with Gasteiger partial charge in [0.15, 0.2) is 0 Å². The molecular weight excluding hydrogens is 416 g/mol. The summed E-state index contributed by atoms with van der Waals surface area (Å²) in [7, 11) is -7.45. The van der Waals surface area contributed by atoms with E-state index < -0.39 is 20.2 Å². The Labute approximate surface area is 179 Å². The molecule has 0 saturated carbocycles. The molecule has 0 fully saturated rings. The van der Waals surface area contributed by atoms with Gasteiger partial charge in [0, 0.05) is 0 Å². The van der Waals surface area contributed by atoms with Gasteiger partial charge in [-0.05, 0) is 12.8 Å². The molecule has 0 aliphatic carbocycles. The lowest BCUT2D eigenvalue weighted by Crippen LogP contribution is -2.03. The molecule has 4 N–H and O–H groups in total. The summed E-state index contributed by atoms with van der Waals surface area (Å²) >= 11 is 0. The van der Waals surface area contributed by atoms with E-state index in [1.165, 1.54) is 64.2 Å². The minimum Gasteiger partial charge on any atom is -0.412 e. The Balaban J connectivity index is -0.000000451. The molecule has 0 atom stereocenters. The summed E-state index contributed by atoms with van der Waals surface area (Å²) in [5.74, 6) is -0.163. The minimum atomic E-state index is -3.73. The van der Waals surface area contributed by atoms with Crippen LogP contribution >= 0.6 is 0 Å². The van der Waals surface area contributed by atoms with Crippen molar-refractivity contribution in [2.45, 2.75) is 117 Å². The van der Waals surface area contributed by atoms with Crippen molar-refractivity contribution in [1.29, 1.82) is 0 Å². The van der Waals surface area contributed by atoms with Crippen LogP contribution in [0.1, 0.15) is 117 Å². The highest BCUT2D eigenvalue weighted by atomic mass is 32.2. The summed E-state index contributed by atoms with van der Waals surface area (Å²) in [6.45, 7) is 4.37. The van der Waals surface area contributed by atoms with E-state index in [2.05, 4.69) is 13.8 Å².